The van der Waals surface area contributed by atoms with Gasteiger partial charge < -0.3 is 62.1 Å². The predicted molar refractivity (Wildman–Crippen MR) is 412 cm³/mol. The molecule has 3 aliphatic carbocycles. The number of ketones is 3. The Hall–Kier alpha value is -11.0. The number of piperidine rings is 1. The minimum absolute atomic E-state index is 0.00856. The number of nitrogens with one attached hydrogen (secondary N) is 9. The van der Waals surface area contributed by atoms with Crippen molar-refractivity contribution in [1.29, 1.82) is 0 Å². The SMILES string of the molecule is COc1ccc(CC(NC(=O)C2(C)CCC(=O)N2)C(=O)NC(Cc2ccccc2)C(=O)C2(C)CC2)cc1.COc1ccc(CC(NC(=O)C2CCC(=O)N2)C(=O)NC(Cc2ccccc2)C(=O)C2(C)CC2)cc1.COc1ccc(CC(NC(=O)C2CCCC(=O)N2)C(=O)NC(Cc2ccccc2)C(=O)C2(C)CC2)cc1. The smallest absolute Gasteiger partial charge is 0.246 e. The molecular weight excluding hydrogens is 1400 g/mol. The standard InChI is InChI=1S/2C29H35N3O5.C28H33N3O5/c1-28(15-16-28)25(34)22(17-19-7-5-4-6-8-19)30-26(35)23(18-20-9-11-21(37-3)12-10-20)31-27(36)29(2)14-13-24(33)32-29;1-29(15-16-29)26(34)23(17-19-7-4-3-5-8-19)31-28(36)24(18-20-11-13-21(37-2)14-12-20)32-27(35)22-9-6-10-25(33)30-22;1-28(14-15-28)25(33)22(16-18-6-4-3-5-7-18)30-27(35)23(17-19-8-10-20(36-2)11-9-19)31-26(34)21-12-13-24(32)29-21/h4-12,22-23H,13-18H2,1-3H3,(H,30,35)(H,31,36)(H,32,33);3-5,7-8,11-14,22-24H,6,9-10,15-18H2,1-2H3,(H,30,33)(H,31,36)(H,32,35);3-11,21-23H,12-17H2,1-2H3,(H,29,32)(H,30,35)(H,31,34). The van der Waals surface area contributed by atoms with Gasteiger partial charge in [-0.05, 0) is 160 Å². The van der Waals surface area contributed by atoms with E-state index in [4.69, 9.17) is 14.2 Å². The maximum absolute atomic E-state index is 13.7. The number of rotatable bonds is 33. The third-order valence-corrected chi connectivity index (χ3v) is 21.8. The number of methoxy groups -OCH3 is 3. The van der Waals surface area contributed by atoms with Gasteiger partial charge in [0.2, 0.25) is 53.2 Å². The van der Waals surface area contributed by atoms with E-state index in [-0.39, 0.29) is 67.2 Å². The number of benzene rings is 6. The first-order valence-electron chi connectivity index (χ1n) is 38.0. The van der Waals surface area contributed by atoms with Crippen LogP contribution in [-0.4, -0.2) is 146 Å². The number of Topliss-reactive ketones (excluding diaryl/α,β-unsaturated/α-hetero) is 3. The molecule has 9 atom stereocenters. The molecule has 3 saturated heterocycles. The van der Waals surface area contributed by atoms with Gasteiger partial charge in [-0.1, -0.05) is 148 Å². The first kappa shape index (κ1) is 81.5. The molecule has 9 amide bonds. The van der Waals surface area contributed by atoms with E-state index in [9.17, 15) is 57.5 Å². The maximum atomic E-state index is 13.7. The molecule has 24 nitrogen and oxygen atoms in total. The van der Waals surface area contributed by atoms with Gasteiger partial charge in [0.25, 0.3) is 0 Å². The minimum Gasteiger partial charge on any atom is -0.497 e. The molecule has 12 rings (SSSR count). The average Bonchev–Trinajstić information content (AvgIpc) is 1.65. The molecule has 3 saturated carbocycles. The molecule has 6 aromatic rings. The van der Waals surface area contributed by atoms with Crippen LogP contribution >= 0.6 is 0 Å². The zero-order chi connectivity index (χ0) is 78.8. The van der Waals surface area contributed by atoms with Gasteiger partial charge in [0, 0.05) is 54.8 Å². The Bertz CT molecular complexity index is 4260. The van der Waals surface area contributed by atoms with E-state index < -0.39 is 106 Å². The van der Waals surface area contributed by atoms with Crippen molar-refractivity contribution in [2.45, 2.75) is 204 Å². The maximum Gasteiger partial charge on any atom is 0.246 e. The van der Waals surface area contributed by atoms with Crippen molar-refractivity contribution < 1.29 is 71.7 Å². The van der Waals surface area contributed by atoms with Crippen LogP contribution in [0.25, 0.3) is 0 Å². The highest BCUT2D eigenvalue weighted by Crippen LogP contribution is 2.48. The first-order valence-corrected chi connectivity index (χ1v) is 38.0. The van der Waals surface area contributed by atoms with E-state index in [0.717, 1.165) is 71.9 Å². The lowest BCUT2D eigenvalue weighted by Gasteiger charge is -2.28. The van der Waals surface area contributed by atoms with Gasteiger partial charge in [0.05, 0.1) is 39.5 Å². The summed E-state index contributed by atoms with van der Waals surface area (Å²) in [7, 11) is 4.73. The van der Waals surface area contributed by atoms with Crippen LogP contribution in [0.1, 0.15) is 145 Å². The second kappa shape index (κ2) is 36.9. The van der Waals surface area contributed by atoms with Crippen LogP contribution in [-0.2, 0) is 96.1 Å². The molecule has 6 aliphatic rings. The van der Waals surface area contributed by atoms with Crippen LogP contribution < -0.4 is 62.1 Å². The van der Waals surface area contributed by atoms with Gasteiger partial charge in [0.15, 0.2) is 17.3 Å². The molecule has 110 heavy (non-hydrogen) atoms. The Balaban J connectivity index is 0.000000176. The predicted octanol–water partition coefficient (Wildman–Crippen LogP) is 7.07. The first-order chi connectivity index (χ1) is 52.7. The van der Waals surface area contributed by atoms with Crippen molar-refractivity contribution in [1.82, 2.24) is 47.9 Å². The summed E-state index contributed by atoms with van der Waals surface area (Å²) in [4.78, 5) is 155. The lowest BCUT2D eigenvalue weighted by atomic mass is 9.92. The fourth-order valence-electron chi connectivity index (χ4n) is 13.8. The monoisotopic (exact) mass is 1500 g/mol. The van der Waals surface area contributed by atoms with E-state index in [1.54, 1.807) is 64.7 Å². The molecule has 6 fully saturated rings. The topological polar surface area (TPSA) is 341 Å². The highest BCUT2D eigenvalue weighted by molar-refractivity contribution is 6.01. The summed E-state index contributed by atoms with van der Waals surface area (Å²) in [5.41, 5.74) is 2.96. The zero-order valence-corrected chi connectivity index (χ0v) is 63.8. The summed E-state index contributed by atoms with van der Waals surface area (Å²) < 4.78 is 15.7. The Labute approximate surface area is 642 Å². The van der Waals surface area contributed by atoms with Crippen LogP contribution in [0.3, 0.4) is 0 Å². The lowest BCUT2D eigenvalue weighted by molar-refractivity contribution is -0.135. The van der Waals surface area contributed by atoms with Gasteiger partial charge in [-0.25, -0.2) is 0 Å². The van der Waals surface area contributed by atoms with Crippen molar-refractivity contribution in [3.63, 3.8) is 0 Å². The van der Waals surface area contributed by atoms with Crippen molar-refractivity contribution in [3.05, 3.63) is 197 Å². The molecule has 0 aromatic heterocycles. The van der Waals surface area contributed by atoms with E-state index >= 15 is 0 Å². The number of carbonyl (C=O) groups is 12. The van der Waals surface area contributed by atoms with Gasteiger partial charge in [-0.15, -0.1) is 0 Å². The van der Waals surface area contributed by atoms with Crippen LogP contribution in [0.2, 0.25) is 0 Å². The van der Waals surface area contributed by atoms with Crippen molar-refractivity contribution in [3.8, 4) is 17.2 Å². The molecule has 9 unspecified atom stereocenters. The fraction of sp³-hybridized carbons (Fsp3) is 0.442. The number of ether oxygens (including phenoxy) is 3. The third kappa shape index (κ3) is 22.8. The molecule has 24 heteroatoms. The van der Waals surface area contributed by atoms with E-state index in [1.807, 2.05) is 148 Å². The lowest BCUT2D eigenvalue weighted by Crippen LogP contribution is -2.59. The van der Waals surface area contributed by atoms with Crippen LogP contribution in [0.5, 0.6) is 17.2 Å². The molecule has 3 heterocycles. The summed E-state index contributed by atoms with van der Waals surface area (Å²) >= 11 is 0. The highest BCUT2D eigenvalue weighted by atomic mass is 16.5. The summed E-state index contributed by atoms with van der Waals surface area (Å²) in [6, 6.07) is 44.3. The Morgan fingerprint density at radius 3 is 0.945 bits per heavy atom. The van der Waals surface area contributed by atoms with E-state index in [0.29, 0.717) is 68.6 Å². The highest BCUT2D eigenvalue weighted by Gasteiger charge is 2.51. The van der Waals surface area contributed by atoms with E-state index in [1.165, 1.54) is 0 Å². The quantitative estimate of drug-likeness (QED) is 0.0199. The second-order valence-corrected chi connectivity index (χ2v) is 30.9. The number of hydrogen-bond donors (Lipinski definition) is 9. The average molecular weight is 1500 g/mol. The molecular formula is C86H103N9O15. The normalized spacial score (nSPS) is 20.2. The number of carbonyl (C=O) groups excluding carboxylic acids is 12. The fourth-order valence-corrected chi connectivity index (χ4v) is 13.8. The molecule has 0 spiro atoms. The molecule has 3 aliphatic heterocycles. The third-order valence-electron chi connectivity index (χ3n) is 21.8. The molecule has 6 aromatic carbocycles. The second-order valence-electron chi connectivity index (χ2n) is 30.9. The summed E-state index contributed by atoms with van der Waals surface area (Å²) in [6.45, 7) is 7.45. The molecule has 9 N–H and O–H groups in total. The summed E-state index contributed by atoms with van der Waals surface area (Å²) in [6.07, 6.45) is 9.42. The van der Waals surface area contributed by atoms with Crippen LogP contribution in [0, 0.1) is 16.2 Å². The summed E-state index contributed by atoms with van der Waals surface area (Å²) in [5, 5.41) is 25.4. The van der Waals surface area contributed by atoms with Gasteiger partial charge in [0.1, 0.15) is 53.0 Å². The van der Waals surface area contributed by atoms with Crippen molar-refractivity contribution in [2.75, 3.05) is 21.3 Å². The molecule has 0 radical (unpaired) electrons. The Kier molecular flexibility index (Phi) is 27.3. The van der Waals surface area contributed by atoms with Gasteiger partial charge >= 0.3 is 0 Å². The summed E-state index contributed by atoms with van der Waals surface area (Å²) in [5.74, 6) is -0.989. The van der Waals surface area contributed by atoms with E-state index in [2.05, 4.69) is 47.9 Å². The largest absolute Gasteiger partial charge is 0.497 e. The Morgan fingerprint density at radius 2 is 0.655 bits per heavy atom. The van der Waals surface area contributed by atoms with Gasteiger partial charge in [-0.3, -0.25) is 57.5 Å². The van der Waals surface area contributed by atoms with Crippen molar-refractivity contribution in [2.24, 2.45) is 16.2 Å². The Morgan fingerprint density at radius 1 is 0.355 bits per heavy atom. The van der Waals surface area contributed by atoms with Crippen LogP contribution in [0.15, 0.2) is 164 Å². The van der Waals surface area contributed by atoms with Gasteiger partial charge in [-0.2, -0.15) is 0 Å². The number of hydrogen-bond acceptors (Lipinski definition) is 15. The van der Waals surface area contributed by atoms with Crippen molar-refractivity contribution >= 4 is 70.5 Å². The van der Waals surface area contributed by atoms with Crippen LogP contribution in [0.4, 0.5) is 0 Å². The molecule has 0 bridgehead atoms. The number of amides is 9. The molecule has 582 valence electrons. The zero-order valence-electron chi connectivity index (χ0n) is 63.8. The minimum atomic E-state index is -1.09.